The first-order valence-corrected chi connectivity index (χ1v) is 3.12. The van der Waals surface area contributed by atoms with Gasteiger partial charge in [0.1, 0.15) is 0 Å². The highest BCUT2D eigenvalue weighted by molar-refractivity contribution is 5.90. The number of methoxy groups -OCH3 is 1. The third-order valence-corrected chi connectivity index (χ3v) is 1.31. The van der Waals surface area contributed by atoms with E-state index in [9.17, 15) is 4.79 Å². The van der Waals surface area contributed by atoms with Crippen molar-refractivity contribution in [3.05, 3.63) is 23.5 Å². The van der Waals surface area contributed by atoms with Gasteiger partial charge in [0, 0.05) is 0 Å². The van der Waals surface area contributed by atoms with Crippen LogP contribution >= 0.6 is 0 Å². The molecule has 4 nitrogen and oxygen atoms in total. The first-order chi connectivity index (χ1) is 5.25. The molecule has 0 radical (unpaired) electrons. The van der Waals surface area contributed by atoms with Crippen LogP contribution in [-0.2, 0) is 4.74 Å². The van der Waals surface area contributed by atoms with Gasteiger partial charge in [-0.3, -0.25) is 0 Å². The summed E-state index contributed by atoms with van der Waals surface area (Å²) in [7, 11) is 1.34. The molecular formula is C7H8N2O2. The molecule has 1 rings (SSSR count). The van der Waals surface area contributed by atoms with Crippen LogP contribution in [0.4, 0.5) is 0 Å². The molecular weight excluding hydrogens is 144 g/mol. The molecule has 1 aromatic rings. The van der Waals surface area contributed by atoms with Gasteiger partial charge in [-0.1, -0.05) is 0 Å². The Kier molecular flexibility index (Phi) is 2.15. The van der Waals surface area contributed by atoms with E-state index in [1.807, 2.05) is 0 Å². The van der Waals surface area contributed by atoms with Crippen LogP contribution < -0.4 is 0 Å². The van der Waals surface area contributed by atoms with E-state index in [1.165, 1.54) is 13.3 Å². The molecule has 0 atom stereocenters. The Labute approximate surface area is 64.2 Å². The molecule has 0 saturated carbocycles. The standard InChI is InChI=1S/C7H8N2O2/c1-5-6(7(10)11-2)3-4-8-9-5/h3-4H,1-2H3. The van der Waals surface area contributed by atoms with Crippen LogP contribution in [0.1, 0.15) is 16.1 Å². The van der Waals surface area contributed by atoms with Crippen molar-refractivity contribution >= 4 is 5.97 Å². The lowest BCUT2D eigenvalue weighted by Crippen LogP contribution is -2.05. The molecule has 0 saturated heterocycles. The van der Waals surface area contributed by atoms with Gasteiger partial charge in [-0.15, -0.1) is 0 Å². The lowest BCUT2D eigenvalue weighted by molar-refractivity contribution is 0.0599. The van der Waals surface area contributed by atoms with E-state index in [4.69, 9.17) is 0 Å². The highest BCUT2D eigenvalue weighted by Crippen LogP contribution is 2.02. The normalized spacial score (nSPS) is 9.27. The van der Waals surface area contributed by atoms with Gasteiger partial charge in [-0.2, -0.15) is 10.2 Å². The Morgan fingerprint density at radius 3 is 2.91 bits per heavy atom. The Balaban J connectivity index is 3.03. The van der Waals surface area contributed by atoms with Crippen LogP contribution in [0.25, 0.3) is 0 Å². The van der Waals surface area contributed by atoms with Crippen LogP contribution in [0, 0.1) is 6.92 Å². The van der Waals surface area contributed by atoms with Crippen LogP contribution in [0.2, 0.25) is 0 Å². The fraction of sp³-hybridized carbons (Fsp3) is 0.286. The molecule has 0 amide bonds. The fourth-order valence-electron chi connectivity index (χ4n) is 0.728. The van der Waals surface area contributed by atoms with Crippen molar-refractivity contribution < 1.29 is 9.53 Å². The fourth-order valence-corrected chi connectivity index (χ4v) is 0.728. The molecule has 1 heterocycles. The van der Waals surface area contributed by atoms with E-state index in [0.717, 1.165) is 0 Å². The van der Waals surface area contributed by atoms with Gasteiger partial charge in [-0.25, -0.2) is 4.79 Å². The number of nitrogens with zero attached hydrogens (tertiary/aromatic N) is 2. The first-order valence-electron chi connectivity index (χ1n) is 3.12. The van der Waals surface area contributed by atoms with Crippen LogP contribution in [0.5, 0.6) is 0 Å². The summed E-state index contributed by atoms with van der Waals surface area (Å²) in [6.07, 6.45) is 1.46. The summed E-state index contributed by atoms with van der Waals surface area (Å²) in [6.45, 7) is 1.71. The summed E-state index contributed by atoms with van der Waals surface area (Å²) in [4.78, 5) is 10.9. The summed E-state index contributed by atoms with van der Waals surface area (Å²) in [5.74, 6) is -0.377. The predicted octanol–water partition coefficient (Wildman–Crippen LogP) is 0.572. The zero-order valence-electron chi connectivity index (χ0n) is 6.37. The number of carbonyl (C=O) groups is 1. The number of ether oxygens (including phenoxy) is 1. The van der Waals surface area contributed by atoms with Crippen LogP contribution in [0.15, 0.2) is 12.3 Å². The third-order valence-electron chi connectivity index (χ3n) is 1.31. The van der Waals surface area contributed by atoms with E-state index < -0.39 is 0 Å². The van der Waals surface area contributed by atoms with Gasteiger partial charge in [0.15, 0.2) is 0 Å². The van der Waals surface area contributed by atoms with Crippen molar-refractivity contribution in [1.29, 1.82) is 0 Å². The van der Waals surface area contributed by atoms with Gasteiger partial charge in [0.05, 0.1) is 24.6 Å². The highest BCUT2D eigenvalue weighted by atomic mass is 16.5. The second-order valence-corrected chi connectivity index (χ2v) is 2.02. The molecule has 0 bridgehead atoms. The largest absolute Gasteiger partial charge is 0.465 e. The van der Waals surface area contributed by atoms with Crippen LogP contribution in [-0.4, -0.2) is 23.3 Å². The summed E-state index contributed by atoms with van der Waals surface area (Å²) < 4.78 is 4.51. The van der Waals surface area contributed by atoms with E-state index in [-0.39, 0.29) is 5.97 Å². The smallest absolute Gasteiger partial charge is 0.339 e. The minimum absolute atomic E-state index is 0.377. The molecule has 0 spiro atoms. The number of esters is 1. The molecule has 0 unspecified atom stereocenters. The van der Waals surface area contributed by atoms with E-state index in [1.54, 1.807) is 13.0 Å². The second kappa shape index (κ2) is 3.09. The zero-order chi connectivity index (χ0) is 8.27. The summed E-state index contributed by atoms with van der Waals surface area (Å²) >= 11 is 0. The van der Waals surface area contributed by atoms with Gasteiger partial charge in [-0.05, 0) is 13.0 Å². The average Bonchev–Trinajstić information content (AvgIpc) is 2.04. The van der Waals surface area contributed by atoms with Gasteiger partial charge < -0.3 is 4.74 Å². The maximum atomic E-state index is 10.9. The molecule has 1 aromatic heterocycles. The lowest BCUT2D eigenvalue weighted by atomic mass is 10.2. The number of aryl methyl sites for hydroxylation is 1. The first kappa shape index (κ1) is 7.65. The summed E-state index contributed by atoms with van der Waals surface area (Å²) in [5, 5.41) is 7.30. The zero-order valence-corrected chi connectivity index (χ0v) is 6.37. The monoisotopic (exact) mass is 152 g/mol. The molecule has 0 fully saturated rings. The van der Waals surface area contributed by atoms with E-state index in [0.29, 0.717) is 11.3 Å². The summed E-state index contributed by atoms with van der Waals surface area (Å²) in [6, 6.07) is 1.58. The molecule has 4 heteroatoms. The Morgan fingerprint density at radius 1 is 1.64 bits per heavy atom. The molecule has 0 N–H and O–H groups in total. The van der Waals surface area contributed by atoms with E-state index in [2.05, 4.69) is 14.9 Å². The topological polar surface area (TPSA) is 52.1 Å². The van der Waals surface area contributed by atoms with Crippen molar-refractivity contribution in [2.75, 3.05) is 7.11 Å². The highest BCUT2D eigenvalue weighted by Gasteiger charge is 2.08. The number of rotatable bonds is 1. The summed E-state index contributed by atoms with van der Waals surface area (Å²) in [5.41, 5.74) is 1.04. The van der Waals surface area contributed by atoms with Crippen LogP contribution in [0.3, 0.4) is 0 Å². The lowest BCUT2D eigenvalue weighted by Gasteiger charge is -1.99. The Hall–Kier alpha value is -1.45. The quantitative estimate of drug-likeness (QED) is 0.552. The molecule has 0 aromatic carbocycles. The Bertz CT molecular complexity index is 273. The maximum Gasteiger partial charge on any atom is 0.339 e. The second-order valence-electron chi connectivity index (χ2n) is 2.02. The van der Waals surface area contributed by atoms with Crippen molar-refractivity contribution in [3.63, 3.8) is 0 Å². The maximum absolute atomic E-state index is 10.9. The molecule has 11 heavy (non-hydrogen) atoms. The minimum atomic E-state index is -0.377. The van der Waals surface area contributed by atoms with Crippen molar-refractivity contribution in [2.24, 2.45) is 0 Å². The molecule has 58 valence electrons. The average molecular weight is 152 g/mol. The number of hydrogen-bond donors (Lipinski definition) is 0. The predicted molar refractivity (Wildman–Crippen MR) is 38.1 cm³/mol. The van der Waals surface area contributed by atoms with Gasteiger partial charge in [0.25, 0.3) is 0 Å². The Morgan fingerprint density at radius 2 is 2.36 bits per heavy atom. The number of carbonyl (C=O) groups excluding carboxylic acids is 1. The molecule has 0 aliphatic heterocycles. The molecule has 0 aliphatic rings. The minimum Gasteiger partial charge on any atom is -0.465 e. The number of hydrogen-bond acceptors (Lipinski definition) is 4. The van der Waals surface area contributed by atoms with Gasteiger partial charge >= 0.3 is 5.97 Å². The number of aromatic nitrogens is 2. The molecule has 0 aliphatic carbocycles. The van der Waals surface area contributed by atoms with Crippen molar-refractivity contribution in [2.45, 2.75) is 6.92 Å². The van der Waals surface area contributed by atoms with Crippen molar-refractivity contribution in [3.8, 4) is 0 Å². The third kappa shape index (κ3) is 1.52. The van der Waals surface area contributed by atoms with Gasteiger partial charge in [0.2, 0.25) is 0 Å². The van der Waals surface area contributed by atoms with E-state index >= 15 is 0 Å². The van der Waals surface area contributed by atoms with Crippen molar-refractivity contribution in [1.82, 2.24) is 10.2 Å². The SMILES string of the molecule is COC(=O)c1ccnnc1C.